The van der Waals surface area contributed by atoms with Crippen molar-refractivity contribution in [1.82, 2.24) is 15.0 Å². The predicted molar refractivity (Wildman–Crippen MR) is 132 cm³/mol. The highest BCUT2D eigenvalue weighted by Gasteiger charge is 2.20. The van der Waals surface area contributed by atoms with Gasteiger partial charge < -0.3 is 24.7 Å². The first kappa shape index (κ1) is 21.3. The second-order valence-corrected chi connectivity index (χ2v) is 9.22. The van der Waals surface area contributed by atoms with Crippen molar-refractivity contribution < 1.29 is 9.47 Å². The Hall–Kier alpha value is -3.58. The number of rotatable bonds is 5. The minimum Gasteiger partial charge on any atom is -0.437 e. The molecule has 0 atom stereocenters. The number of ether oxygens (including phenoxy) is 2. The molecule has 4 aromatic rings. The maximum atomic E-state index is 6.28. The van der Waals surface area contributed by atoms with Gasteiger partial charge in [0.2, 0.25) is 11.8 Å². The second-order valence-electron chi connectivity index (χ2n) is 9.22. The van der Waals surface area contributed by atoms with E-state index < -0.39 is 0 Å². The molecular formula is C26H29N5O2. The SMILES string of the molecule is CC(C)(C)c1ccccc1Oc1ncccc1Nc1nc2ccc(N3CCOCC3)cc2[nH]1. The van der Waals surface area contributed by atoms with Crippen LogP contribution in [0.15, 0.2) is 60.8 Å². The summed E-state index contributed by atoms with van der Waals surface area (Å²) in [5, 5.41) is 3.35. The molecule has 1 aliphatic rings. The molecule has 0 aliphatic carbocycles. The van der Waals surface area contributed by atoms with Gasteiger partial charge in [-0.15, -0.1) is 0 Å². The monoisotopic (exact) mass is 443 g/mol. The van der Waals surface area contributed by atoms with Gasteiger partial charge in [0.25, 0.3) is 0 Å². The van der Waals surface area contributed by atoms with Crippen molar-refractivity contribution in [3.05, 3.63) is 66.4 Å². The average molecular weight is 444 g/mol. The number of imidazole rings is 1. The molecule has 0 unspecified atom stereocenters. The molecule has 170 valence electrons. The summed E-state index contributed by atoms with van der Waals surface area (Å²) in [6.45, 7) is 9.84. The number of aromatic nitrogens is 3. The molecule has 7 nitrogen and oxygen atoms in total. The zero-order valence-corrected chi connectivity index (χ0v) is 19.3. The molecule has 2 N–H and O–H groups in total. The molecular weight excluding hydrogens is 414 g/mol. The van der Waals surface area contributed by atoms with Gasteiger partial charge in [-0.3, -0.25) is 0 Å². The molecule has 5 rings (SSSR count). The van der Waals surface area contributed by atoms with Gasteiger partial charge in [-0.2, -0.15) is 0 Å². The molecule has 0 amide bonds. The van der Waals surface area contributed by atoms with Crippen LogP contribution in [0.5, 0.6) is 11.6 Å². The number of benzene rings is 2. The minimum absolute atomic E-state index is 0.0457. The van der Waals surface area contributed by atoms with Gasteiger partial charge in [0, 0.05) is 30.5 Å². The van der Waals surface area contributed by atoms with Gasteiger partial charge in [0.05, 0.1) is 24.2 Å². The van der Waals surface area contributed by atoms with Gasteiger partial charge >= 0.3 is 0 Å². The summed E-state index contributed by atoms with van der Waals surface area (Å²) in [7, 11) is 0. The number of hydrogen-bond donors (Lipinski definition) is 2. The van der Waals surface area contributed by atoms with E-state index in [0.29, 0.717) is 11.8 Å². The van der Waals surface area contributed by atoms with E-state index in [1.165, 1.54) is 5.69 Å². The van der Waals surface area contributed by atoms with Crippen molar-refractivity contribution in [2.75, 3.05) is 36.5 Å². The summed E-state index contributed by atoms with van der Waals surface area (Å²) in [4.78, 5) is 14.9. The summed E-state index contributed by atoms with van der Waals surface area (Å²) in [6.07, 6.45) is 1.73. The van der Waals surface area contributed by atoms with E-state index in [0.717, 1.165) is 54.3 Å². The van der Waals surface area contributed by atoms with E-state index in [2.05, 4.69) is 59.2 Å². The van der Waals surface area contributed by atoms with E-state index in [1.54, 1.807) is 6.20 Å². The number of pyridine rings is 1. The van der Waals surface area contributed by atoms with Gasteiger partial charge in [-0.1, -0.05) is 39.0 Å². The van der Waals surface area contributed by atoms with E-state index in [-0.39, 0.29) is 5.41 Å². The number of para-hydroxylation sites is 1. The average Bonchev–Trinajstić information content (AvgIpc) is 3.22. The Morgan fingerprint density at radius 3 is 2.67 bits per heavy atom. The topological polar surface area (TPSA) is 75.3 Å². The van der Waals surface area contributed by atoms with Crippen LogP contribution >= 0.6 is 0 Å². The number of nitrogens with zero attached hydrogens (tertiary/aromatic N) is 3. The van der Waals surface area contributed by atoms with Gasteiger partial charge in [0.15, 0.2) is 0 Å². The van der Waals surface area contributed by atoms with Gasteiger partial charge in [0.1, 0.15) is 11.4 Å². The lowest BCUT2D eigenvalue weighted by Crippen LogP contribution is -2.36. The van der Waals surface area contributed by atoms with Crippen LogP contribution in [0.3, 0.4) is 0 Å². The van der Waals surface area contributed by atoms with E-state index in [1.807, 2.05) is 36.4 Å². The van der Waals surface area contributed by atoms with Crippen molar-refractivity contribution in [3.8, 4) is 11.6 Å². The molecule has 1 aliphatic heterocycles. The largest absolute Gasteiger partial charge is 0.437 e. The summed E-state index contributed by atoms with van der Waals surface area (Å²) < 4.78 is 11.7. The lowest BCUT2D eigenvalue weighted by molar-refractivity contribution is 0.122. The normalized spacial score (nSPS) is 14.5. The molecule has 1 fully saturated rings. The number of morpholine rings is 1. The fourth-order valence-corrected chi connectivity index (χ4v) is 4.05. The Balaban J connectivity index is 1.40. The van der Waals surface area contributed by atoms with Crippen LogP contribution in [0.4, 0.5) is 17.3 Å². The maximum absolute atomic E-state index is 6.28. The van der Waals surface area contributed by atoms with Crippen LogP contribution in [-0.4, -0.2) is 41.3 Å². The molecule has 0 saturated carbocycles. The number of H-pyrrole nitrogens is 1. The molecule has 33 heavy (non-hydrogen) atoms. The van der Waals surface area contributed by atoms with Crippen LogP contribution in [-0.2, 0) is 10.2 Å². The molecule has 0 radical (unpaired) electrons. The molecule has 0 spiro atoms. The molecule has 7 heteroatoms. The van der Waals surface area contributed by atoms with Crippen molar-refractivity contribution in [3.63, 3.8) is 0 Å². The smallest absolute Gasteiger partial charge is 0.243 e. The van der Waals surface area contributed by atoms with Crippen LogP contribution in [0.1, 0.15) is 26.3 Å². The summed E-state index contributed by atoms with van der Waals surface area (Å²) >= 11 is 0. The number of hydrogen-bond acceptors (Lipinski definition) is 6. The van der Waals surface area contributed by atoms with Crippen molar-refractivity contribution in [1.29, 1.82) is 0 Å². The molecule has 2 aromatic carbocycles. The lowest BCUT2D eigenvalue weighted by Gasteiger charge is -2.28. The van der Waals surface area contributed by atoms with Crippen molar-refractivity contribution in [2.45, 2.75) is 26.2 Å². The number of anilines is 3. The number of aromatic amines is 1. The zero-order valence-electron chi connectivity index (χ0n) is 19.3. The Morgan fingerprint density at radius 2 is 1.85 bits per heavy atom. The predicted octanol–water partition coefficient (Wildman–Crippen LogP) is 5.63. The highest BCUT2D eigenvalue weighted by atomic mass is 16.5. The molecule has 1 saturated heterocycles. The van der Waals surface area contributed by atoms with Crippen LogP contribution in [0.25, 0.3) is 11.0 Å². The van der Waals surface area contributed by atoms with Crippen molar-refractivity contribution in [2.24, 2.45) is 0 Å². The second kappa shape index (κ2) is 8.75. The maximum Gasteiger partial charge on any atom is 0.243 e. The lowest BCUT2D eigenvalue weighted by atomic mass is 9.86. The van der Waals surface area contributed by atoms with Crippen molar-refractivity contribution >= 4 is 28.4 Å². The third-order valence-electron chi connectivity index (χ3n) is 5.77. The van der Waals surface area contributed by atoms with Gasteiger partial charge in [-0.05, 0) is 41.8 Å². The van der Waals surface area contributed by atoms with E-state index in [4.69, 9.17) is 14.5 Å². The number of fused-ring (bicyclic) bond motifs is 1. The van der Waals surface area contributed by atoms with Gasteiger partial charge in [-0.25, -0.2) is 9.97 Å². The third kappa shape index (κ3) is 4.64. The summed E-state index contributed by atoms with van der Waals surface area (Å²) in [5.41, 5.74) is 4.88. The minimum atomic E-state index is -0.0457. The standard InChI is InChI=1S/C26H29N5O2/c1-26(2,3)19-7-4-5-9-23(19)33-24-21(8-6-12-27-24)29-25-28-20-11-10-18(17-22(20)30-25)31-13-15-32-16-14-31/h4-12,17H,13-16H2,1-3H3,(H2,28,29,30). The highest BCUT2D eigenvalue weighted by molar-refractivity contribution is 5.82. The van der Waals surface area contributed by atoms with Crippen LogP contribution in [0.2, 0.25) is 0 Å². The first-order valence-electron chi connectivity index (χ1n) is 11.3. The zero-order chi connectivity index (χ0) is 22.8. The van der Waals surface area contributed by atoms with Crippen LogP contribution < -0.4 is 15.0 Å². The molecule has 3 heterocycles. The van der Waals surface area contributed by atoms with E-state index in [9.17, 15) is 0 Å². The Bertz CT molecular complexity index is 1260. The number of nitrogens with one attached hydrogen (secondary N) is 2. The van der Waals surface area contributed by atoms with E-state index >= 15 is 0 Å². The highest BCUT2D eigenvalue weighted by Crippen LogP contribution is 2.36. The molecule has 0 bridgehead atoms. The first-order chi connectivity index (χ1) is 16.0. The summed E-state index contributed by atoms with van der Waals surface area (Å²) in [6, 6.07) is 18.2. The Labute approximate surface area is 193 Å². The van der Waals surface area contributed by atoms with Crippen LogP contribution in [0, 0.1) is 0 Å². The quantitative estimate of drug-likeness (QED) is 0.416. The Kier molecular flexibility index (Phi) is 5.64. The molecule has 2 aromatic heterocycles. The fraction of sp³-hybridized carbons (Fsp3) is 0.308. The Morgan fingerprint density at radius 1 is 1.03 bits per heavy atom. The summed E-state index contributed by atoms with van der Waals surface area (Å²) in [5.74, 6) is 1.95. The third-order valence-corrected chi connectivity index (χ3v) is 5.77. The first-order valence-corrected chi connectivity index (χ1v) is 11.3. The fourth-order valence-electron chi connectivity index (χ4n) is 4.05.